The molecule has 0 amide bonds. The zero-order valence-corrected chi connectivity index (χ0v) is 24.0. The predicted octanol–water partition coefficient (Wildman–Crippen LogP) is 9.92. The highest BCUT2D eigenvalue weighted by molar-refractivity contribution is 6.09. The molecule has 8 aromatic rings. The number of hydrogen-bond acceptors (Lipinski definition) is 2. The first kappa shape index (κ1) is 27.5. The summed E-state index contributed by atoms with van der Waals surface area (Å²) in [7, 11) is 0. The summed E-state index contributed by atoms with van der Waals surface area (Å²) < 4.78 is 68.9. The van der Waals surface area contributed by atoms with Gasteiger partial charge in [-0.3, -0.25) is 9.55 Å². The molecule has 8 heteroatoms. The van der Waals surface area contributed by atoms with Gasteiger partial charge in [0.15, 0.2) is 23.3 Å². The molecule has 0 saturated heterocycles. The van der Waals surface area contributed by atoms with Gasteiger partial charge in [0.25, 0.3) is 0 Å². The van der Waals surface area contributed by atoms with Crippen LogP contribution in [0.5, 0.6) is 0 Å². The van der Waals surface area contributed by atoms with Gasteiger partial charge < -0.3 is 4.57 Å². The van der Waals surface area contributed by atoms with E-state index in [1.807, 2.05) is 30.3 Å². The third-order valence-electron chi connectivity index (χ3n) is 8.14. The number of imidazole rings is 1. The zero-order chi connectivity index (χ0) is 31.4. The normalized spacial score (nSPS) is 11.5. The van der Waals surface area contributed by atoms with Gasteiger partial charge in [-0.05, 0) is 12.1 Å². The van der Waals surface area contributed by atoms with Crippen LogP contribution in [0, 0.1) is 23.3 Å². The van der Waals surface area contributed by atoms with E-state index in [1.165, 1.54) is 15.3 Å². The lowest BCUT2D eigenvalue weighted by molar-refractivity contribution is 0.444. The van der Waals surface area contributed by atoms with Crippen LogP contribution in [-0.4, -0.2) is 19.1 Å². The van der Waals surface area contributed by atoms with Gasteiger partial charge in [-0.1, -0.05) is 109 Å². The monoisotopic (exact) mass is 610 g/mol. The van der Waals surface area contributed by atoms with E-state index in [0.717, 1.165) is 0 Å². The molecule has 0 spiro atoms. The second kappa shape index (κ2) is 10.9. The van der Waals surface area contributed by atoms with Crippen LogP contribution in [0.2, 0.25) is 0 Å². The van der Waals surface area contributed by atoms with E-state index in [-0.39, 0.29) is 11.5 Å². The van der Waals surface area contributed by atoms with Crippen molar-refractivity contribution in [2.24, 2.45) is 0 Å². The Kier molecular flexibility index (Phi) is 6.49. The van der Waals surface area contributed by atoms with Crippen molar-refractivity contribution >= 4 is 21.8 Å². The Balaban J connectivity index is 1.50. The average molecular weight is 611 g/mol. The first-order chi connectivity index (χ1) is 22.5. The van der Waals surface area contributed by atoms with Gasteiger partial charge in [0.05, 0.1) is 28.6 Å². The average Bonchev–Trinajstić information content (AvgIpc) is 3.66. The lowest BCUT2D eigenvalue weighted by atomic mass is 10.0. The lowest BCUT2D eigenvalue weighted by Crippen LogP contribution is -2.14. The lowest BCUT2D eigenvalue weighted by Gasteiger charge is -2.19. The van der Waals surface area contributed by atoms with Crippen molar-refractivity contribution in [1.29, 1.82) is 0 Å². The number of halogens is 4. The summed E-state index contributed by atoms with van der Waals surface area (Å²) in [6.07, 6.45) is 2.97. The Hall–Kier alpha value is -6.02. The Bertz CT molecular complexity index is 2320. The van der Waals surface area contributed by atoms with Gasteiger partial charge in [0, 0.05) is 33.7 Å². The first-order valence-electron chi connectivity index (χ1n) is 14.5. The number of fused-ring (bicyclic) bond motifs is 3. The SMILES string of the molecule is Fc1c(F)c(-n2c3ccccc3c3ccncc32)c(F)c(F)c1-n1c(-c2ccccc2)nc(-c2ccccc2)c1-c1ccccc1. The Morgan fingerprint density at radius 1 is 0.457 bits per heavy atom. The van der Waals surface area contributed by atoms with Gasteiger partial charge >= 0.3 is 0 Å². The first-order valence-corrected chi connectivity index (χ1v) is 14.5. The summed E-state index contributed by atoms with van der Waals surface area (Å²) in [5.74, 6) is -6.10. The molecule has 8 rings (SSSR count). The highest BCUT2D eigenvalue weighted by Gasteiger charge is 2.33. The summed E-state index contributed by atoms with van der Waals surface area (Å²) in [5, 5.41) is 1.29. The van der Waals surface area contributed by atoms with E-state index < -0.39 is 34.6 Å². The molecule has 3 aromatic heterocycles. The second-order valence-corrected chi connectivity index (χ2v) is 10.8. The van der Waals surface area contributed by atoms with Crippen molar-refractivity contribution in [2.75, 3.05) is 0 Å². The predicted molar refractivity (Wildman–Crippen MR) is 172 cm³/mol. The smallest absolute Gasteiger partial charge is 0.188 e. The number of hydrogen-bond donors (Lipinski definition) is 0. The molecule has 5 aromatic carbocycles. The van der Waals surface area contributed by atoms with E-state index in [0.29, 0.717) is 44.2 Å². The van der Waals surface area contributed by atoms with Gasteiger partial charge in [0.1, 0.15) is 17.2 Å². The van der Waals surface area contributed by atoms with Crippen LogP contribution in [0.4, 0.5) is 17.6 Å². The van der Waals surface area contributed by atoms with E-state index in [2.05, 4.69) is 4.98 Å². The van der Waals surface area contributed by atoms with Crippen LogP contribution in [-0.2, 0) is 0 Å². The van der Waals surface area contributed by atoms with Gasteiger partial charge in [-0.25, -0.2) is 22.5 Å². The van der Waals surface area contributed by atoms with Crippen molar-refractivity contribution in [2.45, 2.75) is 0 Å². The van der Waals surface area contributed by atoms with Crippen molar-refractivity contribution in [1.82, 2.24) is 19.1 Å². The second-order valence-electron chi connectivity index (χ2n) is 10.8. The summed E-state index contributed by atoms with van der Waals surface area (Å²) in [5.41, 5.74) is 1.27. The van der Waals surface area contributed by atoms with Crippen LogP contribution in [0.15, 0.2) is 134 Å². The summed E-state index contributed by atoms with van der Waals surface area (Å²) in [4.78, 5) is 8.99. The molecular formula is C38H22F4N4. The van der Waals surface area contributed by atoms with Crippen molar-refractivity contribution in [3.05, 3.63) is 157 Å². The molecule has 0 N–H and O–H groups in total. The van der Waals surface area contributed by atoms with Crippen LogP contribution < -0.4 is 0 Å². The summed E-state index contributed by atoms with van der Waals surface area (Å²) in [6.45, 7) is 0. The molecule has 46 heavy (non-hydrogen) atoms. The molecule has 0 aliphatic heterocycles. The molecule has 0 aliphatic rings. The topological polar surface area (TPSA) is 35.6 Å². The molecule has 0 fully saturated rings. The van der Waals surface area contributed by atoms with Crippen LogP contribution in [0.25, 0.3) is 67.1 Å². The molecule has 222 valence electrons. The fourth-order valence-electron chi connectivity index (χ4n) is 6.14. The van der Waals surface area contributed by atoms with Gasteiger partial charge in [0.2, 0.25) is 0 Å². The summed E-state index contributed by atoms with van der Waals surface area (Å²) >= 11 is 0. The molecule has 0 saturated carbocycles. The Morgan fingerprint density at radius 3 is 1.59 bits per heavy atom. The number of pyridine rings is 1. The number of benzene rings is 5. The third-order valence-corrected chi connectivity index (χ3v) is 8.14. The molecule has 0 unspecified atom stereocenters. The maximum atomic E-state index is 16.7. The maximum absolute atomic E-state index is 16.7. The molecule has 0 atom stereocenters. The highest BCUT2D eigenvalue weighted by Crippen LogP contribution is 2.42. The number of aromatic nitrogens is 4. The summed E-state index contributed by atoms with van der Waals surface area (Å²) in [6, 6.07) is 35.3. The molecule has 0 aliphatic carbocycles. The molecule has 4 nitrogen and oxygen atoms in total. The minimum atomic E-state index is -1.56. The van der Waals surface area contributed by atoms with Crippen LogP contribution in [0.3, 0.4) is 0 Å². The highest BCUT2D eigenvalue weighted by atomic mass is 19.2. The quantitative estimate of drug-likeness (QED) is 0.144. The molecule has 0 bridgehead atoms. The van der Waals surface area contributed by atoms with Crippen LogP contribution in [0.1, 0.15) is 0 Å². The zero-order valence-electron chi connectivity index (χ0n) is 24.0. The van der Waals surface area contributed by atoms with Crippen LogP contribution >= 0.6 is 0 Å². The van der Waals surface area contributed by atoms with Crippen molar-refractivity contribution in [3.63, 3.8) is 0 Å². The van der Waals surface area contributed by atoms with Gasteiger partial charge in [-0.2, -0.15) is 0 Å². The fourth-order valence-corrected chi connectivity index (χ4v) is 6.14. The number of para-hydroxylation sites is 1. The standard InChI is InChI=1S/C38H22F4N4/c39-30-32(41)37(33(42)31(40)36(30)45-28-19-11-10-18-26(28)27-20-21-43-22-29(27)45)46-35(24-14-6-2-7-15-24)34(23-12-4-1-5-13-23)44-38(46)25-16-8-3-9-17-25/h1-22H. The fraction of sp³-hybridized carbons (Fsp3) is 0. The molecule has 3 heterocycles. The van der Waals surface area contributed by atoms with E-state index in [1.54, 1.807) is 97.2 Å². The minimum Gasteiger partial charge on any atom is -0.302 e. The minimum absolute atomic E-state index is 0.115. The van der Waals surface area contributed by atoms with Crippen molar-refractivity contribution in [3.8, 4) is 45.3 Å². The van der Waals surface area contributed by atoms with Crippen molar-refractivity contribution < 1.29 is 17.6 Å². The Labute approximate surface area is 260 Å². The Morgan fingerprint density at radius 2 is 0.957 bits per heavy atom. The number of nitrogens with zero attached hydrogens (tertiary/aromatic N) is 4. The van der Waals surface area contributed by atoms with E-state index in [4.69, 9.17) is 4.98 Å². The molecule has 0 radical (unpaired) electrons. The molecular weight excluding hydrogens is 588 g/mol. The number of rotatable bonds is 5. The van der Waals surface area contributed by atoms with Gasteiger partial charge in [-0.15, -0.1) is 0 Å². The van der Waals surface area contributed by atoms with E-state index in [9.17, 15) is 0 Å². The third kappa shape index (κ3) is 4.14. The maximum Gasteiger partial charge on any atom is 0.188 e. The van der Waals surface area contributed by atoms with E-state index >= 15 is 17.6 Å². The largest absolute Gasteiger partial charge is 0.302 e.